The molecule has 6 aromatic carbocycles. The zero-order chi connectivity index (χ0) is 69.2. The smallest absolute Gasteiger partial charge is 0.425 e. The van der Waals surface area contributed by atoms with Gasteiger partial charge in [0.2, 0.25) is 0 Å². The molecule has 0 spiro atoms. The van der Waals surface area contributed by atoms with E-state index in [4.69, 9.17) is 27.8 Å². The van der Waals surface area contributed by atoms with Crippen LogP contribution >= 0.6 is 7.82 Å². The lowest BCUT2D eigenvalue weighted by Gasteiger charge is -2.34. The highest BCUT2D eigenvalue weighted by Crippen LogP contribution is 2.59. The maximum absolute atomic E-state index is 17.5. The minimum absolute atomic E-state index is 0.0112. The van der Waals surface area contributed by atoms with Crippen LogP contribution < -0.4 is 27.8 Å². The average molecular weight is 1280 g/mol. The Morgan fingerprint density at radius 2 is 0.505 bits per heavy atom. The van der Waals surface area contributed by atoms with Gasteiger partial charge in [-0.1, -0.05) is 253 Å². The van der Waals surface area contributed by atoms with E-state index in [-0.39, 0.29) is 55.2 Å². The number of esters is 3. The van der Waals surface area contributed by atoms with Crippen LogP contribution in [0.4, 0.5) is 0 Å². The van der Waals surface area contributed by atoms with Gasteiger partial charge < -0.3 is 27.8 Å². The monoisotopic (exact) mass is 1280 g/mol. The minimum atomic E-state index is -5.26. The van der Waals surface area contributed by atoms with Gasteiger partial charge in [-0.15, -0.1) is 0 Å². The van der Waals surface area contributed by atoms with Crippen LogP contribution in [0.2, 0.25) is 0 Å². The molecule has 93 heavy (non-hydrogen) atoms. The highest BCUT2D eigenvalue weighted by molar-refractivity contribution is 7.49. The van der Waals surface area contributed by atoms with Crippen molar-refractivity contribution >= 4 is 25.7 Å². The molecule has 0 saturated carbocycles. The van der Waals surface area contributed by atoms with E-state index < -0.39 is 59.7 Å². The molecule has 3 aliphatic rings. The number of benzene rings is 6. The van der Waals surface area contributed by atoms with Crippen LogP contribution in [0, 0.1) is 21.7 Å². The molecule has 9 rings (SSSR count). The molecule has 500 valence electrons. The fourth-order valence-corrected chi connectivity index (χ4v) is 17.0. The number of carbonyl (C=O) groups excluding carboxylic acids is 3. The average Bonchev–Trinajstić information content (AvgIpc) is 1.70. The summed E-state index contributed by atoms with van der Waals surface area (Å²) >= 11 is 0. The Bertz CT molecular complexity index is 3780. The Kier molecular flexibility index (Phi) is 18.2. The predicted molar refractivity (Wildman–Crippen MR) is 376 cm³/mol. The summed E-state index contributed by atoms with van der Waals surface area (Å²) in [6.07, 6.45) is 3.21. The molecule has 0 radical (unpaired) electrons. The normalized spacial score (nSPS) is 18.1. The highest BCUT2D eigenvalue weighted by Gasteiger charge is 2.47. The largest absolute Gasteiger partial charge is 0.647 e. The summed E-state index contributed by atoms with van der Waals surface area (Å²) in [7, 11) is -5.26. The predicted octanol–water partition coefficient (Wildman–Crippen LogP) is 21.9. The summed E-state index contributed by atoms with van der Waals surface area (Å²) in [6, 6.07) is 34.8. The molecule has 10 nitrogen and oxygen atoms in total. The molecule has 0 fully saturated rings. The Labute approximate surface area is 557 Å². The first-order valence-electron chi connectivity index (χ1n) is 33.5. The molecule has 0 saturated heterocycles. The molecule has 0 N–H and O–H groups in total. The maximum Gasteiger partial charge on any atom is 0.647 e. The van der Waals surface area contributed by atoms with Crippen molar-refractivity contribution in [3.63, 3.8) is 0 Å². The van der Waals surface area contributed by atoms with Crippen LogP contribution in [0.1, 0.15) is 290 Å². The molecular formula is C82H107O10P. The van der Waals surface area contributed by atoms with Crippen LogP contribution in [0.5, 0.6) is 34.5 Å². The van der Waals surface area contributed by atoms with E-state index in [1.165, 1.54) is 0 Å². The van der Waals surface area contributed by atoms with E-state index in [1.54, 1.807) is 18.2 Å². The number of phosphoric acid groups is 1. The van der Waals surface area contributed by atoms with Crippen molar-refractivity contribution in [3.05, 3.63) is 176 Å². The minimum Gasteiger partial charge on any atom is -0.425 e. The van der Waals surface area contributed by atoms with E-state index in [1.807, 2.05) is 84.9 Å². The van der Waals surface area contributed by atoms with Gasteiger partial charge in [0.25, 0.3) is 0 Å². The second kappa shape index (κ2) is 23.9. The first-order valence-corrected chi connectivity index (χ1v) is 35.0. The molecule has 3 aliphatic heterocycles. The van der Waals surface area contributed by atoms with Gasteiger partial charge in [-0.2, -0.15) is 4.57 Å². The van der Waals surface area contributed by atoms with Crippen molar-refractivity contribution < 1.29 is 46.7 Å². The third-order valence-electron chi connectivity index (χ3n) is 18.6. The van der Waals surface area contributed by atoms with Crippen molar-refractivity contribution in [2.45, 2.75) is 256 Å². The topological polar surface area (TPSA) is 124 Å². The molecule has 0 aromatic heterocycles. The van der Waals surface area contributed by atoms with Crippen molar-refractivity contribution in [1.29, 1.82) is 0 Å². The third-order valence-corrected chi connectivity index (χ3v) is 19.9. The number of fused-ring (bicyclic) bond motifs is 3. The summed E-state index contributed by atoms with van der Waals surface area (Å²) in [5.74, 6) is -3.23. The molecule has 3 heterocycles. The van der Waals surface area contributed by atoms with Crippen molar-refractivity contribution in [2.75, 3.05) is 0 Å². The lowest BCUT2D eigenvalue weighted by molar-refractivity contribution is -0.134. The molecule has 0 amide bonds. The van der Waals surface area contributed by atoms with Crippen LogP contribution in [0.15, 0.2) is 109 Å². The second-order valence-corrected chi connectivity index (χ2v) is 38.2. The van der Waals surface area contributed by atoms with Gasteiger partial charge in [-0.3, -0.25) is 14.4 Å². The van der Waals surface area contributed by atoms with Gasteiger partial charge in [-0.25, -0.2) is 0 Å². The van der Waals surface area contributed by atoms with Gasteiger partial charge in [0.15, 0.2) is 0 Å². The molecule has 11 heteroatoms. The van der Waals surface area contributed by atoms with Gasteiger partial charge in [0.1, 0.15) is 52.3 Å². The fraction of sp³-hybridized carbons (Fsp3) is 0.524. The first-order chi connectivity index (χ1) is 42.3. The van der Waals surface area contributed by atoms with Crippen LogP contribution in [0.25, 0.3) is 0 Å². The van der Waals surface area contributed by atoms with Crippen LogP contribution in [0.3, 0.4) is 0 Å². The van der Waals surface area contributed by atoms with Gasteiger partial charge in [-0.05, 0) is 150 Å². The van der Waals surface area contributed by atoms with E-state index in [0.717, 1.165) is 59.1 Å². The quantitative estimate of drug-likeness (QED) is 0.0495. The summed E-state index contributed by atoms with van der Waals surface area (Å²) in [4.78, 5) is 44.8. The zero-order valence-corrected chi connectivity index (χ0v) is 61.9. The number of hydrogen-bond donors (Lipinski definition) is 0. The number of ether oxygens (including phenoxy) is 3. The molecule has 0 aliphatic carbocycles. The van der Waals surface area contributed by atoms with Crippen molar-refractivity contribution in [2.24, 2.45) is 21.7 Å². The SMILES string of the molecule is CC(C)(C)CC(C)(C)c1ccc2c(c1)C(c1cc(C(C)(C)CC(C)(C)C)ccc1OP(=O)(Oc1ccc(C(C)(C)CC(C)(C)C)cc1C1C(=O)Oc3ccc(C(C)(C)C)cc31)Oc1ccc(C(C)(C)CC(C)(C)C)cc1C1C(=O)Oc3ccc(C(C)(C)C)cc31)C(=O)O2. The molecule has 3 unspecified atom stereocenters. The van der Waals surface area contributed by atoms with Crippen molar-refractivity contribution in [1.82, 2.24) is 0 Å². The second-order valence-electron chi connectivity index (χ2n) is 36.8. The van der Waals surface area contributed by atoms with E-state index >= 15 is 9.36 Å². The van der Waals surface area contributed by atoms with Gasteiger partial charge >= 0.3 is 25.7 Å². The molecule has 6 aromatic rings. The number of phosphoric ester groups is 1. The van der Waals surface area contributed by atoms with Crippen molar-refractivity contribution in [3.8, 4) is 34.5 Å². The van der Waals surface area contributed by atoms with E-state index in [0.29, 0.717) is 50.6 Å². The zero-order valence-electron chi connectivity index (χ0n) is 61.0. The highest BCUT2D eigenvalue weighted by atomic mass is 31.2. The van der Waals surface area contributed by atoms with Crippen LogP contribution in [-0.4, -0.2) is 17.9 Å². The Morgan fingerprint density at radius 3 is 0.731 bits per heavy atom. The summed E-state index contributed by atoms with van der Waals surface area (Å²) < 4.78 is 57.6. The molecule has 0 bridgehead atoms. The Morgan fingerprint density at radius 1 is 0.301 bits per heavy atom. The molecular weight excluding hydrogens is 1180 g/mol. The molecule has 3 atom stereocenters. The van der Waals surface area contributed by atoms with E-state index in [9.17, 15) is 9.59 Å². The fourth-order valence-electron chi connectivity index (χ4n) is 15.7. The lowest BCUT2D eigenvalue weighted by atomic mass is 9.71. The number of rotatable bonds is 17. The van der Waals surface area contributed by atoms with Crippen LogP contribution in [-0.2, 0) is 51.4 Å². The van der Waals surface area contributed by atoms with E-state index in [2.05, 4.69) is 186 Å². The number of carbonyl (C=O) groups is 3. The lowest BCUT2D eigenvalue weighted by Crippen LogP contribution is -2.26. The number of hydrogen-bond acceptors (Lipinski definition) is 10. The summed E-state index contributed by atoms with van der Waals surface area (Å²) in [6.45, 7) is 56.9. The van der Waals surface area contributed by atoms with Gasteiger partial charge in [0.05, 0.1) is 0 Å². The Balaban J connectivity index is 1.33. The summed E-state index contributed by atoms with van der Waals surface area (Å²) in [5.41, 5.74) is 6.49. The van der Waals surface area contributed by atoms with Gasteiger partial charge in [0, 0.05) is 33.4 Å². The summed E-state index contributed by atoms with van der Waals surface area (Å²) in [5, 5.41) is 0. The third kappa shape index (κ3) is 15.7. The maximum atomic E-state index is 17.5. The first kappa shape index (κ1) is 70.7. The standard InChI is InChI=1S/C82H107O10P/c1-73(2,3)45-79(19,20)51-29-35-63-57(41-51)69(72(85)89-63)60-44-54(82(25,26)48-76(10,11)12)32-38-66(60)92-93(86,90-64-36-30-52(80(21,22)46-74(4,5)6)42-58(64)67-55-39-49(77(13,14)15)27-33-61(55)87-70(67)83)91-65-37-31-53(81(23,24)47-75(7,8)9)43-59(65)68-56-40-50(78(16,17)18)28-34-62(56)88-71(68)84/h27-44,67-69H,45-48H2,1-26H3. The Hall–Kier alpha value is -6.64.